The predicted molar refractivity (Wildman–Crippen MR) is 41.1 cm³/mol. The van der Waals surface area contributed by atoms with E-state index in [1.807, 2.05) is 0 Å². The molecule has 0 fully saturated rings. The third kappa shape index (κ3) is 2.62. The van der Waals surface area contributed by atoms with Gasteiger partial charge < -0.3 is 13.9 Å². The summed E-state index contributed by atoms with van der Waals surface area (Å²) in [5.41, 5.74) is 0. The maximum Gasteiger partial charge on any atom is 0.516 e. The molecule has 5 heteroatoms. The average Bonchev–Trinajstić information content (AvgIpc) is 2.55. The van der Waals surface area contributed by atoms with Gasteiger partial charge in [0.05, 0.1) is 12.9 Å². The highest BCUT2D eigenvalue weighted by Crippen LogP contribution is 2.02. The molecule has 0 unspecified atom stereocenters. The van der Waals surface area contributed by atoms with Gasteiger partial charge in [-0.1, -0.05) is 0 Å². The second kappa shape index (κ2) is 4.30. The number of hydrogen-bond donors (Lipinski definition) is 0. The molecule has 5 nitrogen and oxygen atoms in total. The van der Waals surface area contributed by atoms with Crippen LogP contribution in [0.15, 0.2) is 22.8 Å². The van der Waals surface area contributed by atoms with Crippen LogP contribution < -0.4 is 0 Å². The van der Waals surface area contributed by atoms with E-state index < -0.39 is 12.1 Å². The van der Waals surface area contributed by atoms with Crippen molar-refractivity contribution in [2.75, 3.05) is 6.61 Å². The molecule has 0 saturated heterocycles. The fraction of sp³-hybridized carbons (Fsp3) is 0.250. The van der Waals surface area contributed by atoms with Gasteiger partial charge in [-0.15, -0.1) is 0 Å². The minimum Gasteiger partial charge on any atom is -0.457 e. The summed E-state index contributed by atoms with van der Waals surface area (Å²) in [4.78, 5) is 21.6. The van der Waals surface area contributed by atoms with E-state index in [9.17, 15) is 9.59 Å². The summed E-state index contributed by atoms with van der Waals surface area (Å²) < 4.78 is 13.3. The Morgan fingerprint density at radius 2 is 2.31 bits per heavy atom. The number of carbonyl (C=O) groups excluding carboxylic acids is 2. The summed E-state index contributed by atoms with van der Waals surface area (Å²) in [7, 11) is 0. The van der Waals surface area contributed by atoms with Crippen LogP contribution in [0.5, 0.6) is 0 Å². The van der Waals surface area contributed by atoms with E-state index in [0.29, 0.717) is 0 Å². The summed E-state index contributed by atoms with van der Waals surface area (Å²) in [6.45, 7) is 1.77. The summed E-state index contributed by atoms with van der Waals surface area (Å²) in [5, 5.41) is 0. The van der Waals surface area contributed by atoms with Crippen LogP contribution in [-0.4, -0.2) is 18.7 Å². The first-order chi connectivity index (χ1) is 6.24. The SMILES string of the molecule is CCOC(=O)OC(=O)c1ccco1. The third-order valence-corrected chi connectivity index (χ3v) is 1.16. The molecule has 1 heterocycles. The standard InChI is InChI=1S/C8H8O5/c1-2-11-8(10)13-7(9)6-4-3-5-12-6/h3-5H,2H2,1H3. The Balaban J connectivity index is 2.47. The van der Waals surface area contributed by atoms with Gasteiger partial charge >= 0.3 is 12.1 Å². The van der Waals surface area contributed by atoms with E-state index in [1.165, 1.54) is 18.4 Å². The second-order valence-electron chi connectivity index (χ2n) is 2.05. The molecule has 0 atom stereocenters. The van der Waals surface area contributed by atoms with Crippen LogP contribution >= 0.6 is 0 Å². The molecule has 0 bridgehead atoms. The van der Waals surface area contributed by atoms with Crippen molar-refractivity contribution < 1.29 is 23.5 Å². The molecular weight excluding hydrogens is 176 g/mol. The lowest BCUT2D eigenvalue weighted by Gasteiger charge is -1.99. The maximum absolute atomic E-state index is 11.0. The van der Waals surface area contributed by atoms with Gasteiger partial charge in [0.25, 0.3) is 0 Å². The van der Waals surface area contributed by atoms with Gasteiger partial charge in [0.15, 0.2) is 0 Å². The quantitative estimate of drug-likeness (QED) is 0.515. The molecule has 0 radical (unpaired) electrons. The van der Waals surface area contributed by atoms with Crippen molar-refractivity contribution in [1.29, 1.82) is 0 Å². The van der Waals surface area contributed by atoms with Gasteiger partial charge in [-0.3, -0.25) is 0 Å². The van der Waals surface area contributed by atoms with Gasteiger partial charge in [-0.2, -0.15) is 0 Å². The van der Waals surface area contributed by atoms with Crippen LogP contribution in [-0.2, 0) is 9.47 Å². The molecule has 1 rings (SSSR count). The highest BCUT2D eigenvalue weighted by Gasteiger charge is 2.15. The van der Waals surface area contributed by atoms with Crippen molar-refractivity contribution in [3.63, 3.8) is 0 Å². The first-order valence-electron chi connectivity index (χ1n) is 3.66. The van der Waals surface area contributed by atoms with Crippen molar-refractivity contribution in [1.82, 2.24) is 0 Å². The first kappa shape index (κ1) is 9.31. The fourth-order valence-electron chi connectivity index (χ4n) is 0.668. The Bertz CT molecular complexity index is 287. The third-order valence-electron chi connectivity index (χ3n) is 1.16. The van der Waals surface area contributed by atoms with Crippen LogP contribution in [0.3, 0.4) is 0 Å². The van der Waals surface area contributed by atoms with Gasteiger partial charge in [-0.05, 0) is 19.1 Å². The van der Waals surface area contributed by atoms with Crippen molar-refractivity contribution in [2.45, 2.75) is 6.92 Å². The Labute approximate surface area is 74.2 Å². The Kier molecular flexibility index (Phi) is 3.08. The van der Waals surface area contributed by atoms with Crippen molar-refractivity contribution >= 4 is 12.1 Å². The molecule has 1 aromatic heterocycles. The lowest BCUT2D eigenvalue weighted by Crippen LogP contribution is -2.13. The van der Waals surface area contributed by atoms with Crippen molar-refractivity contribution in [2.24, 2.45) is 0 Å². The number of carbonyl (C=O) groups is 2. The topological polar surface area (TPSA) is 65.7 Å². The van der Waals surface area contributed by atoms with E-state index in [-0.39, 0.29) is 12.4 Å². The smallest absolute Gasteiger partial charge is 0.457 e. The number of rotatable bonds is 2. The number of esters is 1. The second-order valence-corrected chi connectivity index (χ2v) is 2.05. The molecule has 0 saturated carbocycles. The molecule has 0 N–H and O–H groups in total. The Hall–Kier alpha value is -1.78. The molecule has 0 amide bonds. The van der Waals surface area contributed by atoms with Crippen LogP contribution in [0, 0.1) is 0 Å². The highest BCUT2D eigenvalue weighted by molar-refractivity contribution is 5.92. The van der Waals surface area contributed by atoms with Gasteiger partial charge in [-0.25, -0.2) is 9.59 Å². The predicted octanol–water partition coefficient (Wildman–Crippen LogP) is 1.59. The van der Waals surface area contributed by atoms with Crippen LogP contribution in [0.1, 0.15) is 17.5 Å². The lowest BCUT2D eigenvalue weighted by atomic mass is 10.5. The Morgan fingerprint density at radius 3 is 2.85 bits per heavy atom. The van der Waals surface area contributed by atoms with Crippen LogP contribution in [0.4, 0.5) is 4.79 Å². The first-order valence-corrected chi connectivity index (χ1v) is 3.66. The van der Waals surface area contributed by atoms with E-state index >= 15 is 0 Å². The van der Waals surface area contributed by atoms with Crippen LogP contribution in [0.2, 0.25) is 0 Å². The largest absolute Gasteiger partial charge is 0.516 e. The summed E-state index contributed by atoms with van der Waals surface area (Å²) >= 11 is 0. The van der Waals surface area contributed by atoms with Crippen molar-refractivity contribution in [3.8, 4) is 0 Å². The number of furan rings is 1. The van der Waals surface area contributed by atoms with E-state index in [1.54, 1.807) is 6.92 Å². The number of hydrogen-bond acceptors (Lipinski definition) is 5. The zero-order valence-electron chi connectivity index (χ0n) is 6.98. The molecule has 13 heavy (non-hydrogen) atoms. The lowest BCUT2D eigenvalue weighted by molar-refractivity contribution is 0.0373. The molecular formula is C8H8O5. The van der Waals surface area contributed by atoms with Crippen LogP contribution in [0.25, 0.3) is 0 Å². The molecule has 0 aliphatic carbocycles. The highest BCUT2D eigenvalue weighted by atomic mass is 16.7. The summed E-state index contributed by atoms with van der Waals surface area (Å²) in [5.74, 6) is -0.892. The molecule has 0 aromatic carbocycles. The normalized spacial score (nSPS) is 9.31. The van der Waals surface area contributed by atoms with E-state index in [4.69, 9.17) is 4.42 Å². The zero-order chi connectivity index (χ0) is 9.68. The van der Waals surface area contributed by atoms with E-state index in [0.717, 1.165) is 0 Å². The minimum absolute atomic E-state index is 0.0342. The van der Waals surface area contributed by atoms with Gasteiger partial charge in [0, 0.05) is 0 Å². The molecule has 0 aliphatic heterocycles. The Morgan fingerprint density at radius 1 is 1.54 bits per heavy atom. The van der Waals surface area contributed by atoms with Crippen molar-refractivity contribution in [3.05, 3.63) is 24.2 Å². The average molecular weight is 184 g/mol. The number of ether oxygens (including phenoxy) is 2. The fourth-order valence-corrected chi connectivity index (χ4v) is 0.668. The van der Waals surface area contributed by atoms with Gasteiger partial charge in [0.2, 0.25) is 5.76 Å². The summed E-state index contributed by atoms with van der Waals surface area (Å²) in [6.07, 6.45) is 0.283. The molecule has 1 aromatic rings. The van der Waals surface area contributed by atoms with E-state index in [2.05, 4.69) is 9.47 Å². The zero-order valence-corrected chi connectivity index (χ0v) is 6.98. The van der Waals surface area contributed by atoms with Gasteiger partial charge in [0.1, 0.15) is 0 Å². The molecule has 0 aliphatic rings. The molecule has 70 valence electrons. The monoisotopic (exact) mass is 184 g/mol. The maximum atomic E-state index is 11.0. The molecule has 0 spiro atoms. The minimum atomic E-state index is -1.02. The summed E-state index contributed by atoms with van der Waals surface area (Å²) in [6, 6.07) is 2.91.